The largest absolute Gasteiger partial charge is 0.511 e. The van der Waals surface area contributed by atoms with Crippen LogP contribution in [-0.4, -0.2) is 64.0 Å². The lowest BCUT2D eigenvalue weighted by Crippen LogP contribution is -2.47. The Morgan fingerprint density at radius 1 is 1.24 bits per heavy atom. The van der Waals surface area contributed by atoms with Crippen LogP contribution in [0.4, 0.5) is 13.2 Å². The quantitative estimate of drug-likeness (QED) is 0.389. The van der Waals surface area contributed by atoms with Gasteiger partial charge >= 0.3 is 15.5 Å². The second-order valence-electron chi connectivity index (χ2n) is 6.79. The van der Waals surface area contributed by atoms with Crippen molar-refractivity contribution in [3.05, 3.63) is 29.8 Å². The SMILES string of the molecule is CN=C(NCCOc1ccccc1C)NCC1CCN(S(=O)(=O)C(F)(F)F)CC1. The van der Waals surface area contributed by atoms with Crippen molar-refractivity contribution in [2.24, 2.45) is 10.9 Å². The minimum absolute atomic E-state index is 0.0662. The smallest absolute Gasteiger partial charge is 0.491 e. The number of ether oxygens (including phenoxy) is 1. The van der Waals surface area contributed by atoms with E-state index in [4.69, 9.17) is 4.74 Å². The summed E-state index contributed by atoms with van der Waals surface area (Å²) in [6, 6.07) is 7.71. The molecule has 1 heterocycles. The van der Waals surface area contributed by atoms with Crippen molar-refractivity contribution < 1.29 is 26.3 Å². The zero-order valence-corrected chi connectivity index (χ0v) is 17.3. The van der Waals surface area contributed by atoms with Crippen molar-refractivity contribution in [1.29, 1.82) is 0 Å². The monoisotopic (exact) mass is 436 g/mol. The third-order valence-corrected chi connectivity index (χ3v) is 6.36. The summed E-state index contributed by atoms with van der Waals surface area (Å²) < 4.78 is 66.9. The van der Waals surface area contributed by atoms with Gasteiger partial charge in [0.05, 0.1) is 6.54 Å². The van der Waals surface area contributed by atoms with Crippen LogP contribution >= 0.6 is 0 Å². The Kier molecular flexibility index (Phi) is 8.14. The molecule has 1 saturated heterocycles. The second-order valence-corrected chi connectivity index (χ2v) is 8.72. The lowest BCUT2D eigenvalue weighted by Gasteiger charge is -2.31. The fourth-order valence-electron chi connectivity index (χ4n) is 3.01. The topological polar surface area (TPSA) is 83.0 Å². The van der Waals surface area contributed by atoms with Gasteiger partial charge in [-0.05, 0) is 37.3 Å². The summed E-state index contributed by atoms with van der Waals surface area (Å²) in [5.74, 6) is 1.44. The van der Waals surface area contributed by atoms with Gasteiger partial charge in [0.2, 0.25) is 0 Å². The normalized spacial score (nSPS) is 17.2. The average Bonchev–Trinajstić information content (AvgIpc) is 2.68. The standard InChI is InChI=1S/C18H27F3N4O3S/c1-14-5-3-4-6-16(14)28-12-9-23-17(22-2)24-13-15-7-10-25(11-8-15)29(26,27)18(19,20)21/h3-6,15H,7-13H2,1-2H3,(H2,22,23,24). The Morgan fingerprint density at radius 3 is 2.48 bits per heavy atom. The lowest BCUT2D eigenvalue weighted by molar-refractivity contribution is -0.0496. The highest BCUT2D eigenvalue weighted by Gasteiger charge is 2.50. The number of benzene rings is 1. The summed E-state index contributed by atoms with van der Waals surface area (Å²) in [4.78, 5) is 4.10. The van der Waals surface area contributed by atoms with Crippen LogP contribution in [0, 0.1) is 12.8 Å². The number of guanidine groups is 1. The zero-order chi connectivity index (χ0) is 21.5. The van der Waals surface area contributed by atoms with Gasteiger partial charge in [-0.1, -0.05) is 18.2 Å². The van der Waals surface area contributed by atoms with Crippen LogP contribution in [0.25, 0.3) is 0 Å². The number of hydrogen-bond acceptors (Lipinski definition) is 4. The summed E-state index contributed by atoms with van der Waals surface area (Å²) in [6.45, 7) is 3.16. The van der Waals surface area contributed by atoms with E-state index in [2.05, 4.69) is 15.6 Å². The molecule has 1 fully saturated rings. The highest BCUT2D eigenvalue weighted by molar-refractivity contribution is 7.90. The first-order valence-electron chi connectivity index (χ1n) is 9.34. The van der Waals surface area contributed by atoms with E-state index in [1.165, 1.54) is 0 Å². The molecule has 164 valence electrons. The molecule has 0 radical (unpaired) electrons. The van der Waals surface area contributed by atoms with Crippen LogP contribution in [0.1, 0.15) is 18.4 Å². The Balaban J connectivity index is 1.69. The minimum Gasteiger partial charge on any atom is -0.491 e. The average molecular weight is 437 g/mol. The molecule has 1 aromatic rings. The van der Waals surface area contributed by atoms with Crippen LogP contribution < -0.4 is 15.4 Å². The molecule has 2 rings (SSSR count). The Labute approximate surface area is 169 Å². The van der Waals surface area contributed by atoms with Gasteiger partial charge in [0, 0.05) is 26.7 Å². The summed E-state index contributed by atoms with van der Waals surface area (Å²) in [7, 11) is -3.62. The van der Waals surface area contributed by atoms with Crippen molar-refractivity contribution >= 4 is 16.0 Å². The van der Waals surface area contributed by atoms with E-state index >= 15 is 0 Å². The number of sulfonamides is 1. The van der Waals surface area contributed by atoms with Gasteiger partial charge in [0.15, 0.2) is 5.96 Å². The number of piperidine rings is 1. The molecule has 0 aromatic heterocycles. The first kappa shape index (κ1) is 23.3. The predicted octanol–water partition coefficient (Wildman–Crippen LogP) is 2.10. The minimum atomic E-state index is -5.25. The Morgan fingerprint density at radius 2 is 1.90 bits per heavy atom. The van der Waals surface area contributed by atoms with Crippen LogP contribution in [0.2, 0.25) is 0 Å². The maximum Gasteiger partial charge on any atom is 0.511 e. The molecular weight excluding hydrogens is 409 g/mol. The first-order valence-corrected chi connectivity index (χ1v) is 10.8. The summed E-state index contributed by atoms with van der Waals surface area (Å²) in [5.41, 5.74) is -4.20. The molecule has 0 spiro atoms. The summed E-state index contributed by atoms with van der Waals surface area (Å²) in [6.07, 6.45) is 0.714. The fourth-order valence-corrected chi connectivity index (χ4v) is 3.99. The third-order valence-electron chi connectivity index (χ3n) is 4.73. The van der Waals surface area contributed by atoms with Crippen molar-refractivity contribution in [3.63, 3.8) is 0 Å². The van der Waals surface area contributed by atoms with E-state index in [-0.39, 0.29) is 19.0 Å². The number of halogens is 3. The lowest BCUT2D eigenvalue weighted by atomic mass is 9.98. The van der Waals surface area contributed by atoms with Gasteiger partial charge in [-0.2, -0.15) is 17.5 Å². The number of alkyl halides is 3. The van der Waals surface area contributed by atoms with Gasteiger partial charge in [-0.3, -0.25) is 4.99 Å². The third kappa shape index (κ3) is 6.49. The highest BCUT2D eigenvalue weighted by atomic mass is 32.2. The molecule has 11 heteroatoms. The van der Waals surface area contributed by atoms with Crippen LogP contribution in [0.15, 0.2) is 29.3 Å². The number of nitrogens with zero attached hydrogens (tertiary/aromatic N) is 2. The molecule has 7 nitrogen and oxygen atoms in total. The van der Waals surface area contributed by atoms with Crippen LogP contribution in [-0.2, 0) is 10.0 Å². The molecule has 2 N–H and O–H groups in total. The maximum absolute atomic E-state index is 12.6. The molecule has 0 atom stereocenters. The molecule has 1 aromatic carbocycles. The molecule has 0 aliphatic carbocycles. The predicted molar refractivity (Wildman–Crippen MR) is 105 cm³/mol. The van der Waals surface area contributed by atoms with Crippen molar-refractivity contribution in [1.82, 2.24) is 14.9 Å². The van der Waals surface area contributed by atoms with Crippen molar-refractivity contribution in [2.75, 3.05) is 39.8 Å². The summed E-state index contributed by atoms with van der Waals surface area (Å²) >= 11 is 0. The van der Waals surface area contributed by atoms with E-state index in [9.17, 15) is 21.6 Å². The second kappa shape index (κ2) is 10.1. The van der Waals surface area contributed by atoms with E-state index in [1.54, 1.807) is 7.05 Å². The molecule has 0 bridgehead atoms. The Hall–Kier alpha value is -2.01. The molecule has 0 unspecified atom stereocenters. The molecular formula is C18H27F3N4O3S. The highest BCUT2D eigenvalue weighted by Crippen LogP contribution is 2.30. The first-order chi connectivity index (χ1) is 13.6. The number of aliphatic imine (C=N–C) groups is 1. The van der Waals surface area contributed by atoms with Crippen LogP contribution in [0.5, 0.6) is 5.75 Å². The van der Waals surface area contributed by atoms with Gasteiger partial charge in [-0.15, -0.1) is 0 Å². The summed E-state index contributed by atoms with van der Waals surface area (Å²) in [5, 5.41) is 6.24. The molecule has 1 aliphatic heterocycles. The van der Waals surface area contributed by atoms with E-state index in [1.807, 2.05) is 31.2 Å². The molecule has 1 aliphatic rings. The van der Waals surface area contributed by atoms with Gasteiger partial charge < -0.3 is 15.4 Å². The van der Waals surface area contributed by atoms with Gasteiger partial charge in [0.1, 0.15) is 12.4 Å². The number of hydrogen-bond donors (Lipinski definition) is 2. The van der Waals surface area contributed by atoms with Crippen molar-refractivity contribution in [3.8, 4) is 5.75 Å². The van der Waals surface area contributed by atoms with Gasteiger partial charge in [0.25, 0.3) is 0 Å². The van der Waals surface area contributed by atoms with E-state index < -0.39 is 15.5 Å². The number of nitrogens with one attached hydrogen (secondary N) is 2. The zero-order valence-electron chi connectivity index (χ0n) is 16.5. The Bertz CT molecular complexity index is 792. The van der Waals surface area contributed by atoms with E-state index in [0.717, 1.165) is 11.3 Å². The molecule has 0 saturated carbocycles. The molecule has 29 heavy (non-hydrogen) atoms. The van der Waals surface area contributed by atoms with Gasteiger partial charge in [-0.25, -0.2) is 8.42 Å². The fraction of sp³-hybridized carbons (Fsp3) is 0.611. The molecule has 0 amide bonds. The van der Waals surface area contributed by atoms with Crippen molar-refractivity contribution in [2.45, 2.75) is 25.3 Å². The maximum atomic E-state index is 12.6. The number of para-hydroxylation sites is 1. The number of rotatable bonds is 7. The van der Waals surface area contributed by atoms with Crippen LogP contribution in [0.3, 0.4) is 0 Å². The number of aryl methyl sites for hydroxylation is 1. The van der Waals surface area contributed by atoms with E-state index in [0.29, 0.717) is 42.8 Å².